The first-order chi connectivity index (χ1) is 14.3. The predicted octanol–water partition coefficient (Wildman–Crippen LogP) is 4.12. The van der Waals surface area contributed by atoms with E-state index >= 15 is 0 Å². The minimum Gasteiger partial charge on any atom is -0.493 e. The van der Waals surface area contributed by atoms with Crippen LogP contribution in [-0.4, -0.2) is 38.9 Å². The van der Waals surface area contributed by atoms with Gasteiger partial charge < -0.3 is 20.1 Å². The molecule has 3 rings (SSSR count). The van der Waals surface area contributed by atoms with Gasteiger partial charge in [0.15, 0.2) is 11.5 Å². The van der Waals surface area contributed by atoms with Gasteiger partial charge in [0.1, 0.15) is 5.82 Å². The monoisotopic (exact) mass is 493 g/mol. The van der Waals surface area contributed by atoms with Crippen LogP contribution in [-0.2, 0) is 10.0 Å². The highest BCUT2D eigenvalue weighted by atomic mass is 79.9. The molecule has 0 spiro atoms. The molecule has 0 atom stereocenters. The number of sulfonamides is 1. The summed E-state index contributed by atoms with van der Waals surface area (Å²) in [5.41, 5.74) is 1.65. The van der Waals surface area contributed by atoms with E-state index in [1.807, 2.05) is 6.07 Å². The van der Waals surface area contributed by atoms with Gasteiger partial charge >= 0.3 is 0 Å². The smallest absolute Gasteiger partial charge is 0.229 e. The van der Waals surface area contributed by atoms with Gasteiger partial charge in [-0.05, 0) is 40.2 Å². The van der Waals surface area contributed by atoms with Gasteiger partial charge in [-0.25, -0.2) is 13.4 Å². The topological polar surface area (TPSA) is 114 Å². The zero-order valence-electron chi connectivity index (χ0n) is 16.4. The standard InChI is InChI=1S/C19H20BrN5O4S/c1-28-16-9-8-12(10-17(16)29-2)22-19-21-11-13(20)18(24-19)23-14-6-4-5-7-15(14)25-30(3,26)27/h4-11,25H,1-3H3,(H2,21,22,23,24). The molecule has 1 heterocycles. The fourth-order valence-corrected chi connectivity index (χ4v) is 3.43. The van der Waals surface area contributed by atoms with Crippen LogP contribution in [0.25, 0.3) is 0 Å². The second-order valence-electron chi connectivity index (χ2n) is 6.13. The largest absolute Gasteiger partial charge is 0.493 e. The second kappa shape index (κ2) is 9.18. The average molecular weight is 494 g/mol. The molecule has 30 heavy (non-hydrogen) atoms. The average Bonchev–Trinajstić information content (AvgIpc) is 2.70. The second-order valence-corrected chi connectivity index (χ2v) is 8.73. The van der Waals surface area contributed by atoms with E-state index in [1.165, 1.54) is 0 Å². The summed E-state index contributed by atoms with van der Waals surface area (Å²) >= 11 is 3.41. The summed E-state index contributed by atoms with van der Waals surface area (Å²) in [6.07, 6.45) is 2.68. The number of benzene rings is 2. The molecular formula is C19H20BrN5O4S. The lowest BCUT2D eigenvalue weighted by Gasteiger charge is -2.14. The number of ether oxygens (including phenoxy) is 2. The third-order valence-corrected chi connectivity index (χ3v) is 5.03. The Morgan fingerprint density at radius 2 is 1.67 bits per heavy atom. The maximum absolute atomic E-state index is 11.6. The number of hydrogen-bond acceptors (Lipinski definition) is 8. The molecule has 3 N–H and O–H groups in total. The molecule has 0 bridgehead atoms. The Bertz CT molecular complexity index is 1160. The Hall–Kier alpha value is -3.05. The first kappa shape index (κ1) is 21.7. The van der Waals surface area contributed by atoms with Gasteiger partial charge in [0, 0.05) is 18.0 Å². The fraction of sp³-hybridized carbons (Fsp3) is 0.158. The van der Waals surface area contributed by atoms with Gasteiger partial charge in [-0.15, -0.1) is 0 Å². The van der Waals surface area contributed by atoms with Crippen LogP contribution >= 0.6 is 15.9 Å². The molecule has 0 fully saturated rings. The zero-order chi connectivity index (χ0) is 21.7. The molecule has 0 saturated heterocycles. The summed E-state index contributed by atoms with van der Waals surface area (Å²) in [5, 5.41) is 6.23. The molecule has 0 amide bonds. The number of methoxy groups -OCH3 is 2. The number of hydrogen-bond donors (Lipinski definition) is 3. The van der Waals surface area contributed by atoms with E-state index < -0.39 is 10.0 Å². The number of para-hydroxylation sites is 2. The lowest BCUT2D eigenvalue weighted by Crippen LogP contribution is -2.11. The first-order valence-electron chi connectivity index (χ1n) is 8.64. The van der Waals surface area contributed by atoms with Crippen molar-refractivity contribution in [3.05, 3.63) is 53.1 Å². The van der Waals surface area contributed by atoms with Crippen LogP contribution in [0.3, 0.4) is 0 Å². The summed E-state index contributed by atoms with van der Waals surface area (Å²) in [6.45, 7) is 0. The van der Waals surface area contributed by atoms with Crippen LogP contribution < -0.4 is 24.8 Å². The molecule has 0 unspecified atom stereocenters. The van der Waals surface area contributed by atoms with Crippen LogP contribution in [0.4, 0.5) is 28.8 Å². The highest BCUT2D eigenvalue weighted by molar-refractivity contribution is 9.10. The molecule has 1 aromatic heterocycles. The molecular weight excluding hydrogens is 474 g/mol. The molecule has 0 aliphatic heterocycles. The van der Waals surface area contributed by atoms with Crippen LogP contribution in [0.5, 0.6) is 11.5 Å². The molecule has 0 aliphatic carbocycles. The normalized spacial score (nSPS) is 10.9. The third kappa shape index (κ3) is 5.51. The Labute approximate surface area is 183 Å². The summed E-state index contributed by atoms with van der Waals surface area (Å²) in [5.74, 6) is 1.97. The SMILES string of the molecule is COc1ccc(Nc2ncc(Br)c(Nc3ccccc3NS(C)(=O)=O)n2)cc1OC. The van der Waals surface area contributed by atoms with E-state index in [4.69, 9.17) is 9.47 Å². The van der Waals surface area contributed by atoms with Gasteiger partial charge in [-0.1, -0.05) is 12.1 Å². The van der Waals surface area contributed by atoms with Gasteiger partial charge in [-0.2, -0.15) is 4.98 Å². The Morgan fingerprint density at radius 3 is 2.33 bits per heavy atom. The summed E-state index contributed by atoms with van der Waals surface area (Å²) < 4.78 is 36.9. The lowest BCUT2D eigenvalue weighted by molar-refractivity contribution is 0.355. The third-order valence-electron chi connectivity index (χ3n) is 3.86. The Balaban J connectivity index is 1.87. The van der Waals surface area contributed by atoms with E-state index in [-0.39, 0.29) is 0 Å². The zero-order valence-corrected chi connectivity index (χ0v) is 18.8. The maximum Gasteiger partial charge on any atom is 0.229 e. The van der Waals surface area contributed by atoms with Gasteiger partial charge in [-0.3, -0.25) is 4.72 Å². The van der Waals surface area contributed by atoms with Gasteiger partial charge in [0.25, 0.3) is 0 Å². The van der Waals surface area contributed by atoms with Crippen molar-refractivity contribution in [2.45, 2.75) is 0 Å². The molecule has 9 nitrogen and oxygen atoms in total. The molecule has 0 aliphatic rings. The van der Waals surface area contributed by atoms with Crippen LogP contribution in [0.2, 0.25) is 0 Å². The molecule has 0 saturated carbocycles. The van der Waals surface area contributed by atoms with Crippen molar-refractivity contribution in [1.82, 2.24) is 9.97 Å². The van der Waals surface area contributed by atoms with E-state index in [1.54, 1.807) is 56.8 Å². The summed E-state index contributed by atoms with van der Waals surface area (Å²) in [6, 6.07) is 12.3. The first-order valence-corrected chi connectivity index (χ1v) is 11.3. The number of halogens is 1. The van der Waals surface area contributed by atoms with E-state index in [0.717, 1.165) is 6.26 Å². The van der Waals surface area contributed by atoms with Crippen LogP contribution in [0, 0.1) is 0 Å². The van der Waals surface area contributed by atoms with E-state index in [0.29, 0.717) is 44.8 Å². The van der Waals surface area contributed by atoms with Gasteiger partial charge in [0.2, 0.25) is 16.0 Å². The minimum atomic E-state index is -3.43. The number of nitrogens with zero attached hydrogens (tertiary/aromatic N) is 2. The molecule has 0 radical (unpaired) electrons. The lowest BCUT2D eigenvalue weighted by atomic mass is 10.2. The van der Waals surface area contributed by atoms with Crippen molar-refractivity contribution < 1.29 is 17.9 Å². The molecule has 2 aromatic carbocycles. The quantitative estimate of drug-likeness (QED) is 0.429. The van der Waals surface area contributed by atoms with Crippen molar-refractivity contribution in [3.63, 3.8) is 0 Å². The highest BCUT2D eigenvalue weighted by Crippen LogP contribution is 2.32. The molecule has 3 aromatic rings. The number of nitrogens with one attached hydrogen (secondary N) is 3. The van der Waals surface area contributed by atoms with Crippen molar-refractivity contribution in [3.8, 4) is 11.5 Å². The maximum atomic E-state index is 11.6. The van der Waals surface area contributed by atoms with E-state index in [2.05, 4.69) is 41.3 Å². The summed E-state index contributed by atoms with van der Waals surface area (Å²) in [4.78, 5) is 8.73. The number of rotatable bonds is 8. The van der Waals surface area contributed by atoms with Crippen molar-refractivity contribution in [2.24, 2.45) is 0 Å². The summed E-state index contributed by atoms with van der Waals surface area (Å²) in [7, 11) is -0.308. The van der Waals surface area contributed by atoms with Crippen molar-refractivity contribution in [1.29, 1.82) is 0 Å². The number of anilines is 5. The van der Waals surface area contributed by atoms with Crippen LogP contribution in [0.15, 0.2) is 53.1 Å². The molecule has 158 valence electrons. The fourth-order valence-electron chi connectivity index (χ4n) is 2.57. The van der Waals surface area contributed by atoms with Gasteiger partial charge in [0.05, 0.1) is 36.3 Å². The van der Waals surface area contributed by atoms with Crippen molar-refractivity contribution in [2.75, 3.05) is 35.8 Å². The minimum absolute atomic E-state index is 0.335. The molecule has 11 heteroatoms. The van der Waals surface area contributed by atoms with Crippen molar-refractivity contribution >= 4 is 54.8 Å². The van der Waals surface area contributed by atoms with E-state index in [9.17, 15) is 8.42 Å². The Kier molecular flexibility index (Phi) is 6.63. The predicted molar refractivity (Wildman–Crippen MR) is 121 cm³/mol. The number of aromatic nitrogens is 2. The van der Waals surface area contributed by atoms with Crippen LogP contribution in [0.1, 0.15) is 0 Å². The Morgan fingerprint density at radius 1 is 0.967 bits per heavy atom. The highest BCUT2D eigenvalue weighted by Gasteiger charge is 2.12.